The number of alkyl halides is 2. The van der Waals surface area contributed by atoms with Gasteiger partial charge in [0.15, 0.2) is 0 Å². The molecule has 2 unspecified atom stereocenters. The van der Waals surface area contributed by atoms with Crippen LogP contribution in [0.2, 0.25) is 0 Å². The van der Waals surface area contributed by atoms with Crippen LogP contribution in [0, 0.1) is 0 Å². The SMILES string of the molecule is O=C([O-])C(O)CCl.O=C([O-])C(O)CCl.[Na+].[Na+]. The van der Waals surface area contributed by atoms with Gasteiger partial charge in [0.2, 0.25) is 0 Å². The largest absolute Gasteiger partial charge is 1.00 e. The van der Waals surface area contributed by atoms with E-state index in [-0.39, 0.29) is 70.9 Å². The van der Waals surface area contributed by atoms with Gasteiger partial charge in [0.1, 0.15) is 12.2 Å². The average Bonchev–Trinajstić information content (AvgIpc) is 2.15. The summed E-state index contributed by atoms with van der Waals surface area (Å²) in [7, 11) is 0. The predicted molar refractivity (Wildman–Crippen MR) is 43.5 cm³/mol. The Morgan fingerprint density at radius 3 is 1.12 bits per heavy atom. The fraction of sp³-hybridized carbons (Fsp3) is 0.667. The fourth-order valence-corrected chi connectivity index (χ4v) is 0.378. The molecule has 2 atom stereocenters. The quantitative estimate of drug-likeness (QED) is 0.392. The van der Waals surface area contributed by atoms with Crippen molar-refractivity contribution in [2.45, 2.75) is 12.2 Å². The first-order chi connectivity index (χ1) is 6.36. The molecule has 0 bridgehead atoms. The van der Waals surface area contributed by atoms with Gasteiger partial charge < -0.3 is 30.0 Å². The number of carbonyl (C=O) groups excluding carboxylic acids is 2. The summed E-state index contributed by atoms with van der Waals surface area (Å²) in [5.74, 6) is -3.70. The fourth-order valence-electron chi connectivity index (χ4n) is 0.126. The number of carboxylic acids is 2. The molecule has 0 heterocycles. The second-order valence-corrected chi connectivity index (χ2v) is 2.60. The molecule has 84 valence electrons. The van der Waals surface area contributed by atoms with Crippen LogP contribution in [-0.2, 0) is 9.59 Å². The minimum Gasteiger partial charge on any atom is -0.547 e. The van der Waals surface area contributed by atoms with E-state index in [4.69, 9.17) is 33.4 Å². The smallest absolute Gasteiger partial charge is 0.547 e. The number of aliphatic hydroxyl groups excluding tert-OH is 2. The summed E-state index contributed by atoms with van der Waals surface area (Å²) in [5, 5.41) is 35.3. The van der Waals surface area contributed by atoms with Crippen LogP contribution in [-0.4, -0.2) is 46.1 Å². The van der Waals surface area contributed by atoms with Crippen molar-refractivity contribution in [3.63, 3.8) is 0 Å². The van der Waals surface area contributed by atoms with E-state index in [0.29, 0.717) is 0 Å². The van der Waals surface area contributed by atoms with E-state index < -0.39 is 24.1 Å². The van der Waals surface area contributed by atoms with E-state index >= 15 is 0 Å². The first-order valence-electron chi connectivity index (χ1n) is 3.26. The standard InChI is InChI=1S/2C3H5ClO3.2Na/c2*4-1-2(5)3(6)7;;/h2*2,5H,1H2,(H,6,7);;/q;;2*+1/p-2. The Morgan fingerprint density at radius 2 is 1.12 bits per heavy atom. The molecule has 0 aliphatic rings. The van der Waals surface area contributed by atoms with Crippen molar-refractivity contribution in [2.75, 3.05) is 11.8 Å². The summed E-state index contributed by atoms with van der Waals surface area (Å²) >= 11 is 9.75. The number of hydrogen-bond acceptors (Lipinski definition) is 6. The van der Waals surface area contributed by atoms with Crippen LogP contribution in [0.1, 0.15) is 0 Å². The van der Waals surface area contributed by atoms with E-state index in [1.165, 1.54) is 0 Å². The molecular formula is C6H8Cl2Na2O6. The number of aliphatic carboxylic acids is 2. The third kappa shape index (κ3) is 17.8. The van der Waals surface area contributed by atoms with E-state index in [9.17, 15) is 19.8 Å². The molecule has 0 radical (unpaired) electrons. The van der Waals surface area contributed by atoms with Gasteiger partial charge in [0.05, 0.1) is 23.7 Å². The second kappa shape index (κ2) is 16.4. The molecule has 0 aromatic heterocycles. The van der Waals surface area contributed by atoms with Crippen molar-refractivity contribution in [3.8, 4) is 0 Å². The maximum absolute atomic E-state index is 9.48. The zero-order chi connectivity index (χ0) is 11.7. The van der Waals surface area contributed by atoms with E-state index in [2.05, 4.69) is 0 Å². The molecule has 0 rings (SSSR count). The van der Waals surface area contributed by atoms with Crippen LogP contribution in [0.15, 0.2) is 0 Å². The van der Waals surface area contributed by atoms with E-state index in [1.54, 1.807) is 0 Å². The van der Waals surface area contributed by atoms with Crippen LogP contribution in [0.4, 0.5) is 0 Å². The summed E-state index contributed by atoms with van der Waals surface area (Å²) < 4.78 is 0. The third-order valence-electron chi connectivity index (χ3n) is 0.836. The van der Waals surface area contributed by atoms with Crippen molar-refractivity contribution in [1.29, 1.82) is 0 Å². The zero-order valence-electron chi connectivity index (χ0n) is 8.85. The van der Waals surface area contributed by atoms with Crippen molar-refractivity contribution in [1.82, 2.24) is 0 Å². The number of halogens is 2. The molecule has 0 spiro atoms. The number of carboxylic acid groups (broad SMARTS) is 2. The first kappa shape index (κ1) is 26.1. The monoisotopic (exact) mass is 292 g/mol. The Balaban J connectivity index is -0.0000000800. The summed E-state index contributed by atoms with van der Waals surface area (Å²) in [6, 6.07) is 0. The maximum atomic E-state index is 9.48. The minimum atomic E-state index is -1.53. The number of rotatable bonds is 4. The number of carbonyl (C=O) groups is 2. The van der Waals surface area contributed by atoms with Crippen molar-refractivity contribution < 1.29 is 89.1 Å². The minimum absolute atomic E-state index is 0. The number of hydrogen-bond donors (Lipinski definition) is 2. The van der Waals surface area contributed by atoms with Gasteiger partial charge in [-0.25, -0.2) is 0 Å². The first-order valence-corrected chi connectivity index (χ1v) is 4.33. The van der Waals surface area contributed by atoms with Gasteiger partial charge in [-0.1, -0.05) is 0 Å². The van der Waals surface area contributed by atoms with Crippen LogP contribution >= 0.6 is 23.2 Å². The van der Waals surface area contributed by atoms with Gasteiger partial charge in [0.25, 0.3) is 0 Å². The Hall–Kier alpha value is 1.44. The molecule has 0 fully saturated rings. The molecule has 0 aliphatic carbocycles. The van der Waals surface area contributed by atoms with Gasteiger partial charge >= 0.3 is 59.1 Å². The van der Waals surface area contributed by atoms with Gasteiger partial charge in [-0.3, -0.25) is 0 Å². The van der Waals surface area contributed by atoms with Crippen LogP contribution in [0.25, 0.3) is 0 Å². The second-order valence-electron chi connectivity index (χ2n) is 1.98. The molecule has 0 aliphatic heterocycles. The molecule has 0 aromatic rings. The molecule has 6 nitrogen and oxygen atoms in total. The zero-order valence-corrected chi connectivity index (χ0v) is 14.4. The van der Waals surface area contributed by atoms with Crippen LogP contribution in [0.5, 0.6) is 0 Å². The van der Waals surface area contributed by atoms with Crippen molar-refractivity contribution >= 4 is 35.1 Å². The summed E-state index contributed by atoms with van der Waals surface area (Å²) in [6.07, 6.45) is -3.05. The molecule has 0 saturated carbocycles. The average molecular weight is 293 g/mol. The topological polar surface area (TPSA) is 121 Å². The van der Waals surface area contributed by atoms with Crippen LogP contribution < -0.4 is 69.3 Å². The van der Waals surface area contributed by atoms with Crippen molar-refractivity contribution in [2.24, 2.45) is 0 Å². The van der Waals surface area contributed by atoms with Crippen molar-refractivity contribution in [3.05, 3.63) is 0 Å². The number of aliphatic hydroxyl groups is 2. The Bertz CT molecular complexity index is 174. The Labute approximate surface area is 147 Å². The maximum Gasteiger partial charge on any atom is 1.00 e. The summed E-state index contributed by atoms with van der Waals surface area (Å²) in [4.78, 5) is 19.0. The molecule has 16 heavy (non-hydrogen) atoms. The third-order valence-corrected chi connectivity index (χ3v) is 1.42. The van der Waals surface area contributed by atoms with E-state index in [0.717, 1.165) is 0 Å². The molecular weight excluding hydrogens is 285 g/mol. The normalized spacial score (nSPS) is 11.8. The summed E-state index contributed by atoms with van der Waals surface area (Å²) in [6.45, 7) is 0. The molecule has 0 amide bonds. The molecule has 0 saturated heterocycles. The van der Waals surface area contributed by atoms with Gasteiger partial charge in [-0.15, -0.1) is 23.2 Å². The van der Waals surface area contributed by atoms with Gasteiger partial charge in [-0.2, -0.15) is 0 Å². The molecule has 0 aromatic carbocycles. The Kier molecular flexibility index (Phi) is 26.8. The predicted octanol–water partition coefficient (Wildman–Crippen LogP) is -9.32. The molecule has 2 N–H and O–H groups in total. The van der Waals surface area contributed by atoms with Gasteiger partial charge in [-0.05, 0) is 0 Å². The van der Waals surface area contributed by atoms with Gasteiger partial charge in [0, 0.05) is 0 Å². The Morgan fingerprint density at radius 1 is 0.938 bits per heavy atom. The molecule has 10 heteroatoms. The van der Waals surface area contributed by atoms with Crippen LogP contribution in [0.3, 0.4) is 0 Å². The summed E-state index contributed by atoms with van der Waals surface area (Å²) in [5.41, 5.74) is 0. The van der Waals surface area contributed by atoms with E-state index in [1.807, 2.05) is 0 Å².